The average Bonchev–Trinajstić information content (AvgIpc) is 2.69. The Morgan fingerprint density at radius 2 is 1.94 bits per heavy atom. The normalized spacial score (nSPS) is 29.0. The SMILES string of the molecule is O=C1CCCCC2C1CCN2Cc1ccccc1. The van der Waals surface area contributed by atoms with Gasteiger partial charge in [-0.05, 0) is 31.4 Å². The summed E-state index contributed by atoms with van der Waals surface area (Å²) in [6.45, 7) is 2.10. The summed E-state index contributed by atoms with van der Waals surface area (Å²) < 4.78 is 0. The van der Waals surface area contributed by atoms with E-state index in [0.717, 1.165) is 32.4 Å². The summed E-state index contributed by atoms with van der Waals surface area (Å²) in [7, 11) is 0. The molecule has 1 aromatic rings. The predicted molar refractivity (Wildman–Crippen MR) is 72.2 cm³/mol. The Morgan fingerprint density at radius 1 is 1.11 bits per heavy atom. The van der Waals surface area contributed by atoms with Gasteiger partial charge in [0.25, 0.3) is 0 Å². The minimum absolute atomic E-state index is 0.330. The van der Waals surface area contributed by atoms with Gasteiger partial charge in [-0.3, -0.25) is 9.69 Å². The highest BCUT2D eigenvalue weighted by Gasteiger charge is 2.38. The van der Waals surface area contributed by atoms with Gasteiger partial charge in [-0.15, -0.1) is 0 Å². The lowest BCUT2D eigenvalue weighted by atomic mass is 9.94. The third-order valence-electron chi connectivity index (χ3n) is 4.48. The Kier molecular flexibility index (Phi) is 3.46. The first kappa shape index (κ1) is 11.9. The Bertz CT molecular complexity index is 414. The molecule has 0 aromatic heterocycles. The van der Waals surface area contributed by atoms with Crippen LogP contribution in [0.25, 0.3) is 0 Å². The van der Waals surface area contributed by atoms with Gasteiger partial charge in [0, 0.05) is 24.9 Å². The van der Waals surface area contributed by atoms with E-state index in [9.17, 15) is 4.79 Å². The molecule has 1 aliphatic heterocycles. The van der Waals surface area contributed by atoms with Crippen LogP contribution in [0.1, 0.15) is 37.7 Å². The second-order valence-electron chi connectivity index (χ2n) is 5.63. The lowest BCUT2D eigenvalue weighted by molar-refractivity contribution is -0.123. The van der Waals surface area contributed by atoms with Gasteiger partial charge in [-0.1, -0.05) is 36.8 Å². The van der Waals surface area contributed by atoms with Crippen molar-refractivity contribution < 1.29 is 4.79 Å². The molecule has 1 saturated carbocycles. The maximum Gasteiger partial charge on any atom is 0.137 e. The molecule has 1 aliphatic carbocycles. The van der Waals surface area contributed by atoms with E-state index in [-0.39, 0.29) is 0 Å². The number of ketones is 1. The molecule has 18 heavy (non-hydrogen) atoms. The fraction of sp³-hybridized carbons (Fsp3) is 0.562. The zero-order valence-electron chi connectivity index (χ0n) is 10.8. The topological polar surface area (TPSA) is 20.3 Å². The molecule has 2 atom stereocenters. The van der Waals surface area contributed by atoms with Crippen molar-refractivity contribution >= 4 is 5.78 Å². The van der Waals surface area contributed by atoms with E-state index in [1.165, 1.54) is 18.4 Å². The summed E-state index contributed by atoms with van der Waals surface area (Å²) >= 11 is 0. The third-order valence-corrected chi connectivity index (χ3v) is 4.48. The van der Waals surface area contributed by atoms with Gasteiger partial charge in [0.2, 0.25) is 0 Å². The number of hydrogen-bond donors (Lipinski definition) is 0. The van der Waals surface area contributed by atoms with Crippen molar-refractivity contribution in [1.29, 1.82) is 0 Å². The molecule has 96 valence electrons. The Balaban J connectivity index is 1.72. The summed E-state index contributed by atoms with van der Waals surface area (Å²) in [6, 6.07) is 11.1. The molecule has 2 aliphatic rings. The van der Waals surface area contributed by atoms with Crippen LogP contribution in [0.2, 0.25) is 0 Å². The monoisotopic (exact) mass is 243 g/mol. The first-order valence-corrected chi connectivity index (χ1v) is 7.15. The molecule has 2 fully saturated rings. The van der Waals surface area contributed by atoms with Gasteiger partial charge in [0.05, 0.1) is 0 Å². The zero-order chi connectivity index (χ0) is 12.4. The predicted octanol–water partition coefficient (Wildman–Crippen LogP) is 3.02. The first-order valence-electron chi connectivity index (χ1n) is 7.15. The minimum atomic E-state index is 0.330. The molecule has 0 spiro atoms. The van der Waals surface area contributed by atoms with Crippen molar-refractivity contribution in [3.63, 3.8) is 0 Å². The maximum atomic E-state index is 12.1. The number of likely N-dealkylation sites (tertiary alicyclic amines) is 1. The molecule has 0 amide bonds. The van der Waals surface area contributed by atoms with E-state index < -0.39 is 0 Å². The van der Waals surface area contributed by atoms with Crippen molar-refractivity contribution in [2.45, 2.75) is 44.7 Å². The van der Waals surface area contributed by atoms with Gasteiger partial charge in [-0.2, -0.15) is 0 Å². The van der Waals surface area contributed by atoms with Crippen LogP contribution in [0.5, 0.6) is 0 Å². The molecule has 1 heterocycles. The third kappa shape index (κ3) is 2.35. The van der Waals surface area contributed by atoms with Crippen LogP contribution in [0.15, 0.2) is 30.3 Å². The van der Waals surface area contributed by atoms with Gasteiger partial charge in [0.15, 0.2) is 0 Å². The number of carbonyl (C=O) groups is 1. The van der Waals surface area contributed by atoms with Crippen LogP contribution in [-0.4, -0.2) is 23.3 Å². The standard InChI is InChI=1S/C16H21NO/c18-16-9-5-4-8-15-14(16)10-11-17(15)12-13-6-2-1-3-7-13/h1-3,6-7,14-15H,4-5,8-12H2. The lowest BCUT2D eigenvalue weighted by Crippen LogP contribution is -2.34. The van der Waals surface area contributed by atoms with Crippen molar-refractivity contribution in [3.8, 4) is 0 Å². The van der Waals surface area contributed by atoms with E-state index in [0.29, 0.717) is 17.7 Å². The lowest BCUT2D eigenvalue weighted by Gasteiger charge is -2.26. The number of nitrogens with zero attached hydrogens (tertiary/aromatic N) is 1. The highest BCUT2D eigenvalue weighted by molar-refractivity contribution is 5.82. The number of hydrogen-bond acceptors (Lipinski definition) is 2. The number of benzene rings is 1. The van der Waals surface area contributed by atoms with Gasteiger partial charge >= 0.3 is 0 Å². The molecular formula is C16H21NO. The molecule has 0 N–H and O–H groups in total. The molecule has 1 aromatic carbocycles. The fourth-order valence-electron chi connectivity index (χ4n) is 3.53. The van der Waals surface area contributed by atoms with Gasteiger partial charge in [0.1, 0.15) is 5.78 Å². The fourth-order valence-corrected chi connectivity index (χ4v) is 3.53. The molecule has 2 unspecified atom stereocenters. The largest absolute Gasteiger partial charge is 0.299 e. The average molecular weight is 243 g/mol. The highest BCUT2D eigenvalue weighted by Crippen LogP contribution is 2.33. The number of fused-ring (bicyclic) bond motifs is 1. The Hall–Kier alpha value is -1.15. The van der Waals surface area contributed by atoms with Crippen LogP contribution in [-0.2, 0) is 11.3 Å². The second kappa shape index (κ2) is 5.23. The number of carbonyl (C=O) groups excluding carboxylic acids is 1. The van der Waals surface area contributed by atoms with Crippen molar-refractivity contribution in [2.75, 3.05) is 6.54 Å². The van der Waals surface area contributed by atoms with Crippen molar-refractivity contribution in [3.05, 3.63) is 35.9 Å². The highest BCUT2D eigenvalue weighted by atomic mass is 16.1. The molecule has 3 rings (SSSR count). The first-order chi connectivity index (χ1) is 8.84. The Labute approximate surface area is 109 Å². The molecule has 2 heteroatoms. The smallest absolute Gasteiger partial charge is 0.137 e. The summed E-state index contributed by atoms with van der Waals surface area (Å²) in [5, 5.41) is 0. The zero-order valence-corrected chi connectivity index (χ0v) is 10.8. The molecule has 0 radical (unpaired) electrons. The van der Waals surface area contributed by atoms with Crippen LogP contribution in [0, 0.1) is 5.92 Å². The van der Waals surface area contributed by atoms with Crippen LogP contribution in [0.4, 0.5) is 0 Å². The molecular weight excluding hydrogens is 222 g/mol. The summed E-state index contributed by atoms with van der Waals surface area (Å²) in [5.41, 5.74) is 1.37. The molecule has 0 bridgehead atoms. The van der Waals surface area contributed by atoms with E-state index in [1.54, 1.807) is 0 Å². The number of Topliss-reactive ketones (excluding diaryl/α,β-unsaturated/α-hetero) is 1. The van der Waals surface area contributed by atoms with Crippen LogP contribution >= 0.6 is 0 Å². The van der Waals surface area contributed by atoms with Gasteiger partial charge < -0.3 is 0 Å². The van der Waals surface area contributed by atoms with Crippen molar-refractivity contribution in [2.24, 2.45) is 5.92 Å². The van der Waals surface area contributed by atoms with E-state index >= 15 is 0 Å². The van der Waals surface area contributed by atoms with E-state index in [4.69, 9.17) is 0 Å². The quantitative estimate of drug-likeness (QED) is 0.796. The Morgan fingerprint density at radius 3 is 2.78 bits per heavy atom. The minimum Gasteiger partial charge on any atom is -0.299 e. The summed E-state index contributed by atoms with van der Waals surface area (Å²) in [5.74, 6) is 0.851. The summed E-state index contributed by atoms with van der Waals surface area (Å²) in [4.78, 5) is 14.6. The van der Waals surface area contributed by atoms with E-state index in [2.05, 4.69) is 35.2 Å². The summed E-state index contributed by atoms with van der Waals surface area (Å²) in [6.07, 6.45) is 5.43. The molecule has 1 saturated heterocycles. The van der Waals surface area contributed by atoms with Crippen LogP contribution < -0.4 is 0 Å². The van der Waals surface area contributed by atoms with Gasteiger partial charge in [-0.25, -0.2) is 0 Å². The number of rotatable bonds is 2. The second-order valence-corrected chi connectivity index (χ2v) is 5.63. The van der Waals surface area contributed by atoms with Crippen LogP contribution in [0.3, 0.4) is 0 Å². The molecule has 2 nitrogen and oxygen atoms in total. The van der Waals surface area contributed by atoms with Crippen molar-refractivity contribution in [1.82, 2.24) is 4.90 Å². The maximum absolute atomic E-state index is 12.1. The van der Waals surface area contributed by atoms with E-state index in [1.807, 2.05) is 0 Å².